The van der Waals surface area contributed by atoms with Crippen LogP contribution in [0.4, 0.5) is 8.78 Å². The first-order chi connectivity index (χ1) is 9.10. The van der Waals surface area contributed by atoms with Crippen LogP contribution in [-0.4, -0.2) is 10.9 Å². The number of alkyl halides is 2. The van der Waals surface area contributed by atoms with Gasteiger partial charge in [-0.05, 0) is 30.5 Å². The van der Waals surface area contributed by atoms with Gasteiger partial charge in [0, 0.05) is 18.3 Å². The van der Waals surface area contributed by atoms with Gasteiger partial charge in [0.1, 0.15) is 0 Å². The number of hydrogen-bond acceptors (Lipinski definition) is 1. The number of allylic oxidation sites excluding steroid dienone is 2. The van der Waals surface area contributed by atoms with Gasteiger partial charge < -0.3 is 0 Å². The number of halogens is 3. The molecule has 2 rings (SSSR count). The molecule has 0 spiro atoms. The minimum Gasteiger partial charge on any atom is -0.251 e. The lowest BCUT2D eigenvalue weighted by molar-refractivity contribution is -0.00606. The highest BCUT2D eigenvalue weighted by atomic mass is 35.5. The van der Waals surface area contributed by atoms with Gasteiger partial charge in [0.05, 0.1) is 16.4 Å². The van der Waals surface area contributed by atoms with E-state index in [0.717, 1.165) is 22.5 Å². The fourth-order valence-corrected chi connectivity index (χ4v) is 2.93. The van der Waals surface area contributed by atoms with Crippen molar-refractivity contribution in [2.45, 2.75) is 58.3 Å². The summed E-state index contributed by atoms with van der Waals surface area (Å²) in [6, 6.07) is 1.89. The predicted octanol–water partition coefficient (Wildman–Crippen LogP) is 5.54. The average Bonchev–Trinajstić information content (AvgIpc) is 2.28. The predicted molar refractivity (Wildman–Crippen MR) is 79.5 cm³/mol. The van der Waals surface area contributed by atoms with Gasteiger partial charge in [0.2, 0.25) is 0 Å². The number of rotatable bonds is 1. The Morgan fingerprint density at radius 2 is 1.95 bits per heavy atom. The minimum atomic E-state index is -2.57. The molecule has 0 N–H and O–H groups in total. The molecule has 0 aromatic carbocycles. The van der Waals surface area contributed by atoms with E-state index in [4.69, 9.17) is 11.6 Å². The molecule has 0 radical (unpaired) electrons. The van der Waals surface area contributed by atoms with Crippen LogP contribution in [0.15, 0.2) is 12.1 Å². The van der Waals surface area contributed by atoms with Crippen LogP contribution in [0.5, 0.6) is 0 Å². The standard InChI is InChI=1S/C16H20ClF2N/c1-10-9-12(17)14(15(2,3)4)20-13(10)11-5-7-16(18,19)8-6-11/h5,9H,6-8H2,1-4H3. The summed E-state index contributed by atoms with van der Waals surface area (Å²) in [6.45, 7) is 8.06. The molecule has 0 saturated heterocycles. The molecule has 4 heteroatoms. The first-order valence-corrected chi connectivity index (χ1v) is 7.23. The molecule has 0 amide bonds. The van der Waals surface area contributed by atoms with Gasteiger partial charge in [-0.15, -0.1) is 0 Å². The molecular formula is C16H20ClF2N. The number of pyridine rings is 1. The van der Waals surface area contributed by atoms with Gasteiger partial charge in [0.15, 0.2) is 0 Å². The number of nitrogens with zero attached hydrogens (tertiary/aromatic N) is 1. The van der Waals surface area contributed by atoms with Crippen LogP contribution in [0.3, 0.4) is 0 Å². The lowest BCUT2D eigenvalue weighted by Crippen LogP contribution is -2.20. The summed E-state index contributed by atoms with van der Waals surface area (Å²) >= 11 is 6.27. The first kappa shape index (κ1) is 15.4. The normalized spacial score (nSPS) is 18.9. The van der Waals surface area contributed by atoms with Crippen molar-refractivity contribution in [2.24, 2.45) is 0 Å². The zero-order valence-corrected chi connectivity index (χ0v) is 13.1. The Morgan fingerprint density at radius 3 is 2.45 bits per heavy atom. The van der Waals surface area contributed by atoms with Crippen LogP contribution in [0.1, 0.15) is 57.0 Å². The largest absolute Gasteiger partial charge is 0.251 e. The summed E-state index contributed by atoms with van der Waals surface area (Å²) in [5.74, 6) is -2.57. The molecule has 0 saturated carbocycles. The molecule has 0 bridgehead atoms. The fourth-order valence-electron chi connectivity index (χ4n) is 2.44. The Morgan fingerprint density at radius 1 is 1.30 bits per heavy atom. The summed E-state index contributed by atoms with van der Waals surface area (Å²) in [7, 11) is 0. The van der Waals surface area contributed by atoms with E-state index in [-0.39, 0.29) is 18.3 Å². The van der Waals surface area contributed by atoms with Crippen LogP contribution < -0.4 is 0 Å². The third-order valence-electron chi connectivity index (χ3n) is 3.59. The maximum Gasteiger partial charge on any atom is 0.251 e. The van der Waals surface area contributed by atoms with Crippen molar-refractivity contribution in [1.29, 1.82) is 0 Å². The molecule has 1 nitrogen and oxygen atoms in total. The Hall–Kier alpha value is -0.960. The lowest BCUT2D eigenvalue weighted by atomic mass is 9.88. The van der Waals surface area contributed by atoms with Crippen molar-refractivity contribution in [3.8, 4) is 0 Å². The van der Waals surface area contributed by atoms with Crippen LogP contribution in [0.25, 0.3) is 5.57 Å². The van der Waals surface area contributed by atoms with Crippen molar-refractivity contribution in [1.82, 2.24) is 4.98 Å². The Labute approximate surface area is 124 Å². The Bertz CT molecular complexity index is 556. The molecule has 0 aliphatic heterocycles. The molecular weight excluding hydrogens is 280 g/mol. The SMILES string of the molecule is Cc1cc(Cl)c(C(C)(C)C)nc1C1=CCC(F)(F)CC1. The molecule has 0 unspecified atom stereocenters. The molecule has 0 atom stereocenters. The van der Waals surface area contributed by atoms with Crippen LogP contribution in [0, 0.1) is 6.92 Å². The van der Waals surface area contributed by atoms with Crippen molar-refractivity contribution in [2.75, 3.05) is 0 Å². The van der Waals surface area contributed by atoms with Gasteiger partial charge in [-0.3, -0.25) is 4.98 Å². The maximum absolute atomic E-state index is 13.2. The fraction of sp³-hybridized carbons (Fsp3) is 0.562. The van der Waals surface area contributed by atoms with Gasteiger partial charge in [-0.25, -0.2) is 8.78 Å². The van der Waals surface area contributed by atoms with E-state index in [1.54, 1.807) is 6.08 Å². The highest BCUT2D eigenvalue weighted by Gasteiger charge is 2.32. The van der Waals surface area contributed by atoms with E-state index < -0.39 is 5.92 Å². The van der Waals surface area contributed by atoms with Gasteiger partial charge in [0.25, 0.3) is 5.92 Å². The average molecular weight is 300 g/mol. The highest BCUT2D eigenvalue weighted by Crippen LogP contribution is 2.38. The smallest absolute Gasteiger partial charge is 0.251 e. The molecule has 0 fully saturated rings. The molecule has 1 aliphatic rings. The summed E-state index contributed by atoms with van der Waals surface area (Å²) in [4.78, 5) is 4.67. The number of aryl methyl sites for hydroxylation is 1. The quantitative estimate of drug-likeness (QED) is 0.663. The highest BCUT2D eigenvalue weighted by molar-refractivity contribution is 6.31. The second-order valence-electron chi connectivity index (χ2n) is 6.52. The lowest BCUT2D eigenvalue weighted by Gasteiger charge is -2.25. The topological polar surface area (TPSA) is 12.9 Å². The second-order valence-corrected chi connectivity index (χ2v) is 6.93. The maximum atomic E-state index is 13.2. The third-order valence-corrected chi connectivity index (χ3v) is 3.88. The molecule has 1 aromatic rings. The van der Waals surface area contributed by atoms with Crippen molar-refractivity contribution < 1.29 is 8.78 Å². The number of aromatic nitrogens is 1. The van der Waals surface area contributed by atoms with Gasteiger partial charge >= 0.3 is 0 Å². The van der Waals surface area contributed by atoms with Crippen LogP contribution in [0.2, 0.25) is 5.02 Å². The summed E-state index contributed by atoms with van der Waals surface area (Å²) in [5, 5.41) is 0.639. The summed E-state index contributed by atoms with van der Waals surface area (Å²) in [6.07, 6.45) is 1.69. The molecule has 1 heterocycles. The van der Waals surface area contributed by atoms with E-state index in [2.05, 4.69) is 4.98 Å². The van der Waals surface area contributed by atoms with E-state index >= 15 is 0 Å². The molecule has 1 aromatic heterocycles. The first-order valence-electron chi connectivity index (χ1n) is 6.85. The van der Waals surface area contributed by atoms with Gasteiger partial charge in [-0.1, -0.05) is 38.4 Å². The Balaban J connectivity index is 2.46. The molecule has 110 valence electrons. The van der Waals surface area contributed by atoms with E-state index in [1.165, 1.54) is 0 Å². The third kappa shape index (κ3) is 3.20. The molecule has 1 aliphatic carbocycles. The second kappa shape index (κ2) is 5.10. The number of hydrogen-bond donors (Lipinski definition) is 0. The van der Waals surface area contributed by atoms with Crippen LogP contribution in [-0.2, 0) is 5.41 Å². The summed E-state index contributed by atoms with van der Waals surface area (Å²) in [5.41, 5.74) is 3.32. The van der Waals surface area contributed by atoms with Crippen LogP contribution >= 0.6 is 11.6 Å². The van der Waals surface area contributed by atoms with Gasteiger partial charge in [-0.2, -0.15) is 0 Å². The minimum absolute atomic E-state index is 0.104. The monoisotopic (exact) mass is 299 g/mol. The summed E-state index contributed by atoms with van der Waals surface area (Å²) < 4.78 is 26.5. The zero-order valence-electron chi connectivity index (χ0n) is 12.4. The van der Waals surface area contributed by atoms with E-state index in [1.807, 2.05) is 33.8 Å². The Kier molecular flexibility index (Phi) is 3.94. The van der Waals surface area contributed by atoms with Crippen molar-refractivity contribution >= 4 is 17.2 Å². The van der Waals surface area contributed by atoms with Crippen molar-refractivity contribution in [3.05, 3.63) is 34.1 Å². The van der Waals surface area contributed by atoms with E-state index in [9.17, 15) is 8.78 Å². The van der Waals surface area contributed by atoms with Crippen molar-refractivity contribution in [3.63, 3.8) is 0 Å². The van der Waals surface area contributed by atoms with E-state index in [0.29, 0.717) is 11.4 Å². The molecule has 20 heavy (non-hydrogen) atoms. The zero-order chi connectivity index (χ0) is 15.1.